The minimum Gasteiger partial charge on any atom is -0.308 e. The maximum atomic E-state index is 15.1. The maximum absolute atomic E-state index is 15.1. The Bertz CT molecular complexity index is 3630. The monoisotopic (exact) mass is 843 g/mol. The fraction of sp³-hybridized carbons (Fsp3) is 0.0364. The number of aromatic nitrogens is 2. The Labute approximate surface area is 370 Å². The molecule has 10 rings (SSSR count). The predicted molar refractivity (Wildman–Crippen MR) is 248 cm³/mol. The molecule has 7 nitrogen and oxygen atoms in total. The van der Waals surface area contributed by atoms with Crippen LogP contribution in [-0.2, 0) is 6.18 Å². The molecular formula is C55H28F3N7. The molecule has 0 saturated heterocycles. The minimum atomic E-state index is -4.72. The van der Waals surface area contributed by atoms with Crippen LogP contribution < -0.4 is 0 Å². The van der Waals surface area contributed by atoms with E-state index in [1.54, 1.807) is 49.4 Å². The van der Waals surface area contributed by atoms with Crippen molar-refractivity contribution >= 4 is 55.0 Å². The molecular weight excluding hydrogens is 816 g/mol. The second-order valence-electron chi connectivity index (χ2n) is 15.6. The first-order valence-corrected chi connectivity index (χ1v) is 20.2. The van der Waals surface area contributed by atoms with Crippen LogP contribution in [0.3, 0.4) is 0 Å². The van der Waals surface area contributed by atoms with Crippen LogP contribution >= 0.6 is 0 Å². The molecule has 0 unspecified atom stereocenters. The molecule has 0 radical (unpaired) electrons. The number of fused-ring (bicyclic) bond motifs is 6. The van der Waals surface area contributed by atoms with E-state index in [4.69, 9.17) is 13.1 Å². The molecule has 0 atom stereocenters. The first-order chi connectivity index (χ1) is 31.5. The second kappa shape index (κ2) is 15.2. The van der Waals surface area contributed by atoms with E-state index >= 15 is 13.2 Å². The molecule has 0 aliphatic rings. The van der Waals surface area contributed by atoms with Crippen LogP contribution in [0, 0.1) is 54.1 Å². The standard InChI is InChI=1S/C55H28F3N7/c1-32-9-8-12-47(55(56,57)58)54(32)39-27-52(64-48-13-6-4-10-42(48)44-17-15-35(25-50(44)64)37-19-33(29-59)21-40(23-37)62-2)46(31-61)53(28-39)65-49-14-7-5-11-43(49)45-18-16-36(26-51(45)65)38-20-34(30-60)22-41(24-38)63-3/h4-28H,1H3. The smallest absolute Gasteiger partial charge is 0.308 e. The Hall–Kier alpha value is -9.40. The van der Waals surface area contributed by atoms with Gasteiger partial charge in [-0.1, -0.05) is 72.8 Å². The van der Waals surface area contributed by atoms with Gasteiger partial charge in [-0.05, 0) is 125 Å². The summed E-state index contributed by atoms with van der Waals surface area (Å²) in [5.74, 6) is 0. The van der Waals surface area contributed by atoms with Gasteiger partial charge in [0.25, 0.3) is 0 Å². The molecule has 2 aromatic heterocycles. The Kier molecular flexibility index (Phi) is 9.29. The third-order valence-corrected chi connectivity index (χ3v) is 11.9. The van der Waals surface area contributed by atoms with Gasteiger partial charge in [-0.25, -0.2) is 9.69 Å². The van der Waals surface area contributed by atoms with Crippen molar-refractivity contribution in [1.29, 1.82) is 15.8 Å². The average Bonchev–Trinajstić information content (AvgIpc) is 3.84. The summed E-state index contributed by atoms with van der Waals surface area (Å²) < 4.78 is 49.2. The SMILES string of the molecule is [C-]#[N+]c1cc(C#N)cc(-c2ccc3c4ccccc4n(-c4cc(-c5c(C)cccc5C(F)(F)F)cc(-n5c6ccccc6c6ccc(-c7cc(C#N)cc([N+]#[C-])c7)cc65)c4C#N)c3c2)c1. The van der Waals surface area contributed by atoms with Gasteiger partial charge in [0.2, 0.25) is 0 Å². The fourth-order valence-electron chi connectivity index (χ4n) is 9.14. The van der Waals surface area contributed by atoms with Crippen molar-refractivity contribution < 1.29 is 13.2 Å². The molecule has 10 aromatic rings. The molecule has 0 N–H and O–H groups in total. The molecule has 0 aliphatic carbocycles. The Morgan fingerprint density at radius 2 is 0.954 bits per heavy atom. The van der Waals surface area contributed by atoms with E-state index in [0.29, 0.717) is 83.8 Å². The number of hydrogen-bond acceptors (Lipinski definition) is 3. The molecule has 0 aliphatic heterocycles. The van der Waals surface area contributed by atoms with E-state index in [1.807, 2.05) is 94.1 Å². The lowest BCUT2D eigenvalue weighted by molar-refractivity contribution is -0.137. The van der Waals surface area contributed by atoms with Gasteiger partial charge in [0.15, 0.2) is 11.4 Å². The highest BCUT2D eigenvalue weighted by Gasteiger charge is 2.35. The van der Waals surface area contributed by atoms with Crippen LogP contribution in [0.1, 0.15) is 27.8 Å². The van der Waals surface area contributed by atoms with Gasteiger partial charge in [-0.3, -0.25) is 0 Å². The first-order valence-electron chi connectivity index (χ1n) is 20.2. The van der Waals surface area contributed by atoms with Gasteiger partial charge >= 0.3 is 6.18 Å². The lowest BCUT2D eigenvalue weighted by Gasteiger charge is -2.21. The van der Waals surface area contributed by atoms with Crippen LogP contribution in [0.5, 0.6) is 0 Å². The highest BCUT2D eigenvalue weighted by molar-refractivity contribution is 6.12. The normalized spacial score (nSPS) is 11.3. The number of alkyl halides is 3. The van der Waals surface area contributed by atoms with E-state index in [-0.39, 0.29) is 16.7 Å². The summed E-state index contributed by atoms with van der Waals surface area (Å²) in [6.07, 6.45) is -4.72. The summed E-state index contributed by atoms with van der Waals surface area (Å²) in [4.78, 5) is 7.17. The number of rotatable bonds is 5. The van der Waals surface area contributed by atoms with Crippen LogP contribution in [-0.4, -0.2) is 9.13 Å². The zero-order chi connectivity index (χ0) is 45.1. The molecule has 0 amide bonds. The maximum Gasteiger partial charge on any atom is 0.417 e. The van der Waals surface area contributed by atoms with Crippen molar-refractivity contribution in [3.63, 3.8) is 0 Å². The van der Waals surface area contributed by atoms with Gasteiger partial charge in [-0.15, -0.1) is 0 Å². The first kappa shape index (κ1) is 39.7. The third kappa shape index (κ3) is 6.49. The van der Waals surface area contributed by atoms with Crippen LogP contribution in [0.4, 0.5) is 24.5 Å². The Morgan fingerprint density at radius 1 is 0.477 bits per heavy atom. The lowest BCUT2D eigenvalue weighted by Crippen LogP contribution is -2.10. The highest BCUT2D eigenvalue weighted by atomic mass is 19.4. The molecule has 2 heterocycles. The zero-order valence-corrected chi connectivity index (χ0v) is 34.2. The van der Waals surface area contributed by atoms with E-state index < -0.39 is 11.7 Å². The van der Waals surface area contributed by atoms with Gasteiger partial charge in [-0.2, -0.15) is 29.0 Å². The quantitative estimate of drug-likeness (QED) is 0.162. The van der Waals surface area contributed by atoms with Crippen molar-refractivity contribution in [2.45, 2.75) is 13.1 Å². The number of hydrogen-bond donors (Lipinski definition) is 0. The molecule has 10 heteroatoms. The number of benzene rings is 8. The summed E-state index contributed by atoms with van der Waals surface area (Å²) in [6, 6.07) is 50.8. The van der Waals surface area contributed by atoms with Crippen LogP contribution in [0.2, 0.25) is 0 Å². The highest BCUT2D eigenvalue weighted by Crippen LogP contribution is 2.45. The van der Waals surface area contributed by atoms with Crippen molar-refractivity contribution in [2.24, 2.45) is 0 Å². The minimum absolute atomic E-state index is 0.0325. The van der Waals surface area contributed by atoms with Gasteiger partial charge in [0.05, 0.1) is 64.3 Å². The van der Waals surface area contributed by atoms with E-state index in [2.05, 4.69) is 27.9 Å². The molecule has 0 bridgehead atoms. The van der Waals surface area contributed by atoms with E-state index in [0.717, 1.165) is 27.6 Å². The topological polar surface area (TPSA) is 89.9 Å². The van der Waals surface area contributed by atoms with Crippen LogP contribution in [0.25, 0.3) is 98.1 Å². The lowest BCUT2D eigenvalue weighted by atomic mass is 9.92. The molecule has 0 spiro atoms. The molecule has 8 aromatic carbocycles. The summed E-state index contributed by atoms with van der Waals surface area (Å²) >= 11 is 0. The Balaban J connectivity index is 1.36. The van der Waals surface area contributed by atoms with Crippen molar-refractivity contribution in [3.8, 4) is 63.0 Å². The largest absolute Gasteiger partial charge is 0.417 e. The van der Waals surface area contributed by atoms with Gasteiger partial charge in [0.1, 0.15) is 11.6 Å². The van der Waals surface area contributed by atoms with Crippen LogP contribution in [0.15, 0.2) is 152 Å². The predicted octanol–water partition coefficient (Wildman–Crippen LogP) is 14.9. The molecule has 65 heavy (non-hydrogen) atoms. The van der Waals surface area contributed by atoms with Gasteiger partial charge < -0.3 is 9.13 Å². The number of para-hydroxylation sites is 2. The van der Waals surface area contributed by atoms with Crippen molar-refractivity contribution in [2.75, 3.05) is 0 Å². The molecule has 0 saturated carbocycles. The zero-order valence-electron chi connectivity index (χ0n) is 34.2. The Morgan fingerprint density at radius 3 is 1.40 bits per heavy atom. The molecule has 304 valence electrons. The number of aryl methyl sites for hydroxylation is 1. The van der Waals surface area contributed by atoms with E-state index in [1.165, 1.54) is 18.2 Å². The number of halogens is 3. The number of nitriles is 3. The van der Waals surface area contributed by atoms with Gasteiger partial charge in [0, 0.05) is 32.7 Å². The fourth-order valence-corrected chi connectivity index (χ4v) is 9.14. The van der Waals surface area contributed by atoms with E-state index in [9.17, 15) is 15.8 Å². The summed E-state index contributed by atoms with van der Waals surface area (Å²) in [5.41, 5.74) is 7.15. The summed E-state index contributed by atoms with van der Waals surface area (Å²) in [7, 11) is 0. The van der Waals surface area contributed by atoms with Crippen molar-refractivity contribution in [3.05, 3.63) is 202 Å². The molecule has 0 fully saturated rings. The second-order valence-corrected chi connectivity index (χ2v) is 15.6. The summed E-state index contributed by atoms with van der Waals surface area (Å²) in [6.45, 7) is 17.0. The number of nitrogens with zero attached hydrogens (tertiary/aromatic N) is 7. The average molecular weight is 844 g/mol. The van der Waals surface area contributed by atoms with Crippen molar-refractivity contribution in [1.82, 2.24) is 9.13 Å². The third-order valence-electron chi connectivity index (χ3n) is 11.9. The summed E-state index contributed by atoms with van der Waals surface area (Å²) in [5, 5.41) is 34.5.